The van der Waals surface area contributed by atoms with Gasteiger partial charge in [-0.25, -0.2) is 0 Å². The summed E-state index contributed by atoms with van der Waals surface area (Å²) in [7, 11) is 0. The number of nitrogens with zero attached hydrogens (tertiary/aromatic N) is 2. The fourth-order valence-corrected chi connectivity index (χ4v) is 3.78. The van der Waals surface area contributed by atoms with Gasteiger partial charge in [0.15, 0.2) is 11.5 Å². The zero-order valence-corrected chi connectivity index (χ0v) is 17.0. The van der Waals surface area contributed by atoms with Crippen molar-refractivity contribution in [3.63, 3.8) is 0 Å². The molecule has 0 aliphatic carbocycles. The Labute approximate surface area is 172 Å². The predicted molar refractivity (Wildman–Crippen MR) is 114 cm³/mol. The third kappa shape index (κ3) is 5.28. The van der Waals surface area contributed by atoms with Crippen molar-refractivity contribution in [1.29, 1.82) is 0 Å². The van der Waals surface area contributed by atoms with Gasteiger partial charge in [-0.05, 0) is 30.2 Å². The second-order valence-electron chi connectivity index (χ2n) is 7.74. The van der Waals surface area contributed by atoms with Crippen LogP contribution < -0.4 is 14.8 Å². The molecule has 0 aromatic heterocycles. The number of ether oxygens (including phenoxy) is 2. The molecule has 2 aromatic carbocycles. The number of piperazine rings is 1. The number of anilines is 1. The molecule has 0 bridgehead atoms. The maximum atomic E-state index is 12.5. The molecular weight excluding hydrogens is 366 g/mol. The first-order chi connectivity index (χ1) is 14.2. The number of hydrogen-bond donors (Lipinski definition) is 1. The quantitative estimate of drug-likeness (QED) is 0.844. The van der Waals surface area contributed by atoms with E-state index < -0.39 is 0 Å². The van der Waals surface area contributed by atoms with Gasteiger partial charge in [0.05, 0.1) is 19.8 Å². The standard InChI is InChI=1S/C23H29N3O3/c1-18-5-2-3-6-19(18)16-25-9-11-26(12-10-25)17-23(27)24-20-7-8-21-22(15-20)29-14-4-13-28-21/h2-3,5-8,15H,4,9-14,16-17H2,1H3,(H,24,27). The molecule has 29 heavy (non-hydrogen) atoms. The average molecular weight is 396 g/mol. The number of benzene rings is 2. The SMILES string of the molecule is Cc1ccccc1CN1CCN(CC(=O)Nc2ccc3c(c2)OCCCO3)CC1. The molecule has 1 N–H and O–H groups in total. The lowest BCUT2D eigenvalue weighted by Crippen LogP contribution is -2.48. The first-order valence-corrected chi connectivity index (χ1v) is 10.4. The molecule has 0 radical (unpaired) electrons. The minimum Gasteiger partial charge on any atom is -0.490 e. The summed E-state index contributed by atoms with van der Waals surface area (Å²) in [5, 5.41) is 2.99. The van der Waals surface area contributed by atoms with Crippen LogP contribution in [-0.2, 0) is 11.3 Å². The molecule has 6 heteroatoms. The van der Waals surface area contributed by atoms with E-state index in [4.69, 9.17) is 9.47 Å². The molecular formula is C23H29N3O3. The van der Waals surface area contributed by atoms with E-state index in [-0.39, 0.29) is 5.91 Å². The van der Waals surface area contributed by atoms with Crippen molar-refractivity contribution in [2.24, 2.45) is 0 Å². The van der Waals surface area contributed by atoms with Gasteiger partial charge in [-0.2, -0.15) is 0 Å². The Morgan fingerprint density at radius 3 is 2.48 bits per heavy atom. The van der Waals surface area contributed by atoms with Gasteiger partial charge in [-0.15, -0.1) is 0 Å². The minimum atomic E-state index is 0.00634. The van der Waals surface area contributed by atoms with Crippen molar-refractivity contribution in [1.82, 2.24) is 9.80 Å². The number of carbonyl (C=O) groups is 1. The lowest BCUT2D eigenvalue weighted by Gasteiger charge is -2.34. The number of fused-ring (bicyclic) bond motifs is 1. The van der Waals surface area contributed by atoms with E-state index >= 15 is 0 Å². The molecule has 2 aliphatic heterocycles. The van der Waals surface area contributed by atoms with Crippen molar-refractivity contribution in [3.8, 4) is 11.5 Å². The zero-order chi connectivity index (χ0) is 20.1. The maximum Gasteiger partial charge on any atom is 0.238 e. The molecule has 2 aliphatic rings. The Morgan fingerprint density at radius 1 is 0.966 bits per heavy atom. The number of rotatable bonds is 5. The average Bonchev–Trinajstić information content (AvgIpc) is 2.96. The van der Waals surface area contributed by atoms with E-state index in [1.807, 2.05) is 18.2 Å². The van der Waals surface area contributed by atoms with Gasteiger partial charge in [0.1, 0.15) is 0 Å². The smallest absolute Gasteiger partial charge is 0.238 e. The summed E-state index contributed by atoms with van der Waals surface area (Å²) in [6.07, 6.45) is 0.867. The van der Waals surface area contributed by atoms with E-state index in [1.165, 1.54) is 11.1 Å². The number of carbonyl (C=O) groups excluding carboxylic acids is 1. The summed E-state index contributed by atoms with van der Waals surface area (Å²) in [6, 6.07) is 14.1. The lowest BCUT2D eigenvalue weighted by molar-refractivity contribution is -0.117. The van der Waals surface area contributed by atoms with Crippen LogP contribution in [0.4, 0.5) is 5.69 Å². The molecule has 4 rings (SSSR count). The summed E-state index contributed by atoms with van der Waals surface area (Å²) < 4.78 is 11.3. The number of amides is 1. The minimum absolute atomic E-state index is 0.00634. The van der Waals surface area contributed by atoms with E-state index in [1.54, 1.807) is 0 Å². The Morgan fingerprint density at radius 2 is 1.69 bits per heavy atom. The summed E-state index contributed by atoms with van der Waals surface area (Å²) in [5.41, 5.74) is 3.47. The molecule has 0 spiro atoms. The van der Waals surface area contributed by atoms with Crippen molar-refractivity contribution in [2.45, 2.75) is 19.9 Å². The van der Waals surface area contributed by atoms with E-state index in [2.05, 4.69) is 46.3 Å². The first kappa shape index (κ1) is 19.7. The van der Waals surface area contributed by atoms with Gasteiger partial charge in [-0.1, -0.05) is 24.3 Å². The Hall–Kier alpha value is -2.57. The van der Waals surface area contributed by atoms with Crippen molar-refractivity contribution >= 4 is 11.6 Å². The van der Waals surface area contributed by atoms with Gasteiger partial charge in [0, 0.05) is 50.9 Å². The highest BCUT2D eigenvalue weighted by molar-refractivity contribution is 5.92. The van der Waals surface area contributed by atoms with Crippen LogP contribution in [0.15, 0.2) is 42.5 Å². The van der Waals surface area contributed by atoms with Crippen LogP contribution in [0.25, 0.3) is 0 Å². The highest BCUT2D eigenvalue weighted by atomic mass is 16.5. The summed E-state index contributed by atoms with van der Waals surface area (Å²) in [4.78, 5) is 17.2. The van der Waals surface area contributed by atoms with Gasteiger partial charge in [0.25, 0.3) is 0 Å². The van der Waals surface area contributed by atoms with Gasteiger partial charge >= 0.3 is 0 Å². The lowest BCUT2D eigenvalue weighted by atomic mass is 10.1. The Kier molecular flexibility index (Phi) is 6.32. The topological polar surface area (TPSA) is 54.0 Å². The zero-order valence-electron chi connectivity index (χ0n) is 17.0. The van der Waals surface area contributed by atoms with E-state index in [9.17, 15) is 4.79 Å². The molecule has 6 nitrogen and oxygen atoms in total. The second kappa shape index (κ2) is 9.29. The van der Waals surface area contributed by atoms with Crippen LogP contribution in [0.3, 0.4) is 0 Å². The Balaban J connectivity index is 1.25. The molecule has 0 saturated carbocycles. The summed E-state index contributed by atoms with van der Waals surface area (Å²) in [5.74, 6) is 1.45. The maximum absolute atomic E-state index is 12.5. The molecule has 1 fully saturated rings. The predicted octanol–water partition coefficient (Wildman–Crippen LogP) is 2.91. The molecule has 2 aromatic rings. The van der Waals surface area contributed by atoms with E-state index in [0.717, 1.165) is 50.6 Å². The van der Waals surface area contributed by atoms with Crippen molar-refractivity contribution in [3.05, 3.63) is 53.6 Å². The second-order valence-corrected chi connectivity index (χ2v) is 7.74. The van der Waals surface area contributed by atoms with Crippen LogP contribution in [0, 0.1) is 6.92 Å². The van der Waals surface area contributed by atoms with Crippen LogP contribution in [-0.4, -0.2) is 61.6 Å². The highest BCUT2D eigenvalue weighted by Gasteiger charge is 2.20. The Bertz CT molecular complexity index is 847. The fourth-order valence-electron chi connectivity index (χ4n) is 3.78. The molecule has 1 saturated heterocycles. The number of hydrogen-bond acceptors (Lipinski definition) is 5. The monoisotopic (exact) mass is 395 g/mol. The first-order valence-electron chi connectivity index (χ1n) is 10.4. The third-order valence-corrected chi connectivity index (χ3v) is 5.52. The highest BCUT2D eigenvalue weighted by Crippen LogP contribution is 2.32. The largest absolute Gasteiger partial charge is 0.490 e. The fraction of sp³-hybridized carbons (Fsp3) is 0.435. The number of nitrogens with one attached hydrogen (secondary N) is 1. The summed E-state index contributed by atoms with van der Waals surface area (Å²) in [6.45, 7) is 8.61. The molecule has 2 heterocycles. The molecule has 154 valence electrons. The molecule has 0 atom stereocenters. The number of aryl methyl sites for hydroxylation is 1. The molecule has 0 unspecified atom stereocenters. The van der Waals surface area contributed by atoms with Crippen molar-refractivity contribution in [2.75, 3.05) is 51.3 Å². The summed E-state index contributed by atoms with van der Waals surface area (Å²) >= 11 is 0. The van der Waals surface area contributed by atoms with Crippen molar-refractivity contribution < 1.29 is 14.3 Å². The van der Waals surface area contributed by atoms with Crippen LogP contribution in [0.2, 0.25) is 0 Å². The van der Waals surface area contributed by atoms with Crippen LogP contribution >= 0.6 is 0 Å². The normalized spacial score (nSPS) is 17.6. The van der Waals surface area contributed by atoms with Crippen LogP contribution in [0.1, 0.15) is 17.5 Å². The van der Waals surface area contributed by atoms with Gasteiger partial charge in [-0.3, -0.25) is 14.6 Å². The van der Waals surface area contributed by atoms with Gasteiger partial charge < -0.3 is 14.8 Å². The van der Waals surface area contributed by atoms with Crippen LogP contribution in [0.5, 0.6) is 11.5 Å². The van der Waals surface area contributed by atoms with Gasteiger partial charge in [0.2, 0.25) is 5.91 Å². The third-order valence-electron chi connectivity index (χ3n) is 5.52. The van der Waals surface area contributed by atoms with E-state index in [0.29, 0.717) is 25.5 Å². The molecule has 1 amide bonds.